The highest BCUT2D eigenvalue weighted by Gasteiger charge is 2.54. The van der Waals surface area contributed by atoms with Crippen molar-refractivity contribution in [2.45, 2.75) is 65.0 Å². The number of hydrogen-bond donors (Lipinski definition) is 1. The average Bonchev–Trinajstić information content (AvgIpc) is 3.01. The summed E-state index contributed by atoms with van der Waals surface area (Å²) in [5, 5.41) is 0. The van der Waals surface area contributed by atoms with E-state index in [9.17, 15) is 4.79 Å². The Morgan fingerprint density at radius 1 is 1.50 bits per heavy atom. The van der Waals surface area contributed by atoms with E-state index in [2.05, 4.69) is 18.7 Å². The summed E-state index contributed by atoms with van der Waals surface area (Å²) in [5.41, 5.74) is 6.30. The maximum absolute atomic E-state index is 12.5. The largest absolute Gasteiger partial charge is 0.338 e. The Morgan fingerprint density at radius 3 is 2.67 bits per heavy atom. The van der Waals surface area contributed by atoms with Crippen LogP contribution < -0.4 is 5.73 Å². The fraction of sp³-hybridized carbons (Fsp3) is 0.929. The minimum Gasteiger partial charge on any atom is -0.338 e. The summed E-state index contributed by atoms with van der Waals surface area (Å²) in [7, 11) is 0. The van der Waals surface area contributed by atoms with Crippen LogP contribution >= 0.6 is 12.4 Å². The van der Waals surface area contributed by atoms with Crippen LogP contribution in [0.1, 0.15) is 52.9 Å². The lowest BCUT2D eigenvalue weighted by atomic mass is 9.95. The molecule has 1 heterocycles. The first-order valence-electron chi connectivity index (χ1n) is 7.05. The number of likely N-dealkylation sites (tertiary alicyclic amines) is 1. The van der Waals surface area contributed by atoms with Gasteiger partial charge in [-0.05, 0) is 44.4 Å². The predicted molar refractivity (Wildman–Crippen MR) is 76.8 cm³/mol. The quantitative estimate of drug-likeness (QED) is 0.860. The van der Waals surface area contributed by atoms with Crippen LogP contribution in [-0.4, -0.2) is 29.4 Å². The van der Waals surface area contributed by atoms with E-state index in [1.54, 1.807) is 0 Å². The highest BCUT2D eigenvalue weighted by Crippen LogP contribution is 2.55. The molecule has 0 spiro atoms. The van der Waals surface area contributed by atoms with Crippen LogP contribution in [0, 0.1) is 11.3 Å². The molecule has 0 aromatic heterocycles. The summed E-state index contributed by atoms with van der Waals surface area (Å²) >= 11 is 0. The number of carbonyl (C=O) groups excluding carboxylic acids is 1. The highest BCUT2D eigenvalue weighted by molar-refractivity contribution is 5.85. The molecule has 2 N–H and O–H groups in total. The molecule has 18 heavy (non-hydrogen) atoms. The van der Waals surface area contributed by atoms with Crippen LogP contribution in [0.15, 0.2) is 0 Å². The van der Waals surface area contributed by atoms with Crippen molar-refractivity contribution in [3.8, 4) is 0 Å². The Hall–Kier alpha value is -0.280. The van der Waals surface area contributed by atoms with Crippen LogP contribution in [0.25, 0.3) is 0 Å². The fourth-order valence-electron chi connectivity index (χ4n) is 3.16. The molecule has 1 aliphatic carbocycles. The van der Waals surface area contributed by atoms with Crippen LogP contribution in [-0.2, 0) is 4.79 Å². The molecule has 0 aromatic carbocycles. The molecular formula is C14H27ClN2O. The van der Waals surface area contributed by atoms with Crippen LogP contribution in [0.2, 0.25) is 0 Å². The second-order valence-electron chi connectivity index (χ2n) is 6.22. The van der Waals surface area contributed by atoms with Gasteiger partial charge in [-0.3, -0.25) is 4.79 Å². The zero-order chi connectivity index (χ0) is 12.6. The van der Waals surface area contributed by atoms with Gasteiger partial charge in [-0.15, -0.1) is 12.4 Å². The third-order valence-corrected chi connectivity index (χ3v) is 4.90. The first-order chi connectivity index (χ1) is 7.99. The molecular weight excluding hydrogens is 248 g/mol. The number of amides is 1. The van der Waals surface area contributed by atoms with E-state index in [-0.39, 0.29) is 35.8 Å². The first-order valence-corrected chi connectivity index (χ1v) is 7.05. The number of halogens is 1. The molecule has 2 fully saturated rings. The van der Waals surface area contributed by atoms with Gasteiger partial charge in [0.25, 0.3) is 0 Å². The Kier molecular flexibility index (Phi) is 5.07. The van der Waals surface area contributed by atoms with Gasteiger partial charge in [0.05, 0.1) is 0 Å². The Balaban J connectivity index is 0.00000162. The van der Waals surface area contributed by atoms with Gasteiger partial charge < -0.3 is 10.6 Å². The standard InChI is InChI=1S/C14H26N2O.ClH/c1-4-14(3)9-11(14)13(17)16-8-6-5-7-12(16)10(2)15;/h10-12H,4-9,15H2,1-3H3;1H. The Bertz CT molecular complexity index is 308. The molecule has 0 aromatic rings. The lowest BCUT2D eigenvalue weighted by molar-refractivity contribution is -0.137. The van der Waals surface area contributed by atoms with Gasteiger partial charge in [-0.25, -0.2) is 0 Å². The summed E-state index contributed by atoms with van der Waals surface area (Å²) in [5.74, 6) is 0.642. The number of nitrogens with zero attached hydrogens (tertiary/aromatic N) is 1. The van der Waals surface area contributed by atoms with Gasteiger partial charge in [-0.2, -0.15) is 0 Å². The third-order valence-electron chi connectivity index (χ3n) is 4.90. The van der Waals surface area contributed by atoms with Crippen molar-refractivity contribution < 1.29 is 4.79 Å². The van der Waals surface area contributed by atoms with Crippen molar-refractivity contribution >= 4 is 18.3 Å². The van der Waals surface area contributed by atoms with Gasteiger partial charge in [0.1, 0.15) is 0 Å². The molecule has 0 radical (unpaired) electrons. The Labute approximate surface area is 117 Å². The molecule has 4 atom stereocenters. The number of carbonyl (C=O) groups is 1. The van der Waals surface area contributed by atoms with Gasteiger partial charge in [-0.1, -0.05) is 13.8 Å². The second kappa shape index (κ2) is 5.79. The molecule has 2 aliphatic rings. The zero-order valence-electron chi connectivity index (χ0n) is 11.8. The van der Waals surface area contributed by atoms with Crippen LogP contribution in [0.4, 0.5) is 0 Å². The van der Waals surface area contributed by atoms with E-state index < -0.39 is 0 Å². The van der Waals surface area contributed by atoms with Crippen molar-refractivity contribution in [3.63, 3.8) is 0 Å². The van der Waals surface area contributed by atoms with Crippen molar-refractivity contribution in [2.75, 3.05) is 6.54 Å². The predicted octanol–water partition coefficient (Wildman–Crippen LogP) is 2.57. The molecule has 4 unspecified atom stereocenters. The van der Waals surface area contributed by atoms with Crippen LogP contribution in [0.3, 0.4) is 0 Å². The molecule has 2 rings (SSSR count). The molecule has 1 amide bonds. The molecule has 4 heteroatoms. The average molecular weight is 275 g/mol. The SMILES string of the molecule is CCC1(C)CC1C(=O)N1CCCCC1C(C)N.Cl. The second-order valence-corrected chi connectivity index (χ2v) is 6.22. The summed E-state index contributed by atoms with van der Waals surface area (Å²) in [6.45, 7) is 7.37. The van der Waals surface area contributed by atoms with Gasteiger partial charge in [0.15, 0.2) is 0 Å². The molecule has 1 saturated carbocycles. The maximum Gasteiger partial charge on any atom is 0.226 e. The lowest BCUT2D eigenvalue weighted by Crippen LogP contribution is -2.52. The van der Waals surface area contributed by atoms with E-state index in [0.29, 0.717) is 5.91 Å². The number of nitrogens with two attached hydrogens (primary N) is 1. The van der Waals surface area contributed by atoms with Crippen molar-refractivity contribution in [3.05, 3.63) is 0 Å². The summed E-state index contributed by atoms with van der Waals surface area (Å²) in [4.78, 5) is 14.6. The lowest BCUT2D eigenvalue weighted by Gasteiger charge is -2.38. The monoisotopic (exact) mass is 274 g/mol. The molecule has 3 nitrogen and oxygen atoms in total. The third kappa shape index (κ3) is 2.83. The number of hydrogen-bond acceptors (Lipinski definition) is 2. The van der Waals surface area contributed by atoms with E-state index in [0.717, 1.165) is 32.2 Å². The normalized spacial score (nSPS) is 36.8. The number of rotatable bonds is 3. The smallest absolute Gasteiger partial charge is 0.226 e. The molecule has 1 saturated heterocycles. The van der Waals surface area contributed by atoms with E-state index in [1.165, 1.54) is 6.42 Å². The highest BCUT2D eigenvalue weighted by atomic mass is 35.5. The Morgan fingerprint density at radius 2 is 2.17 bits per heavy atom. The van der Waals surface area contributed by atoms with Crippen molar-refractivity contribution in [2.24, 2.45) is 17.1 Å². The molecule has 1 aliphatic heterocycles. The van der Waals surface area contributed by atoms with Gasteiger partial charge >= 0.3 is 0 Å². The summed E-state index contributed by atoms with van der Waals surface area (Å²) in [6.07, 6.45) is 5.62. The van der Waals surface area contributed by atoms with Crippen LogP contribution in [0.5, 0.6) is 0 Å². The fourth-order valence-corrected chi connectivity index (χ4v) is 3.16. The van der Waals surface area contributed by atoms with E-state index in [4.69, 9.17) is 5.73 Å². The molecule has 106 valence electrons. The molecule has 0 bridgehead atoms. The van der Waals surface area contributed by atoms with E-state index >= 15 is 0 Å². The van der Waals surface area contributed by atoms with E-state index in [1.807, 2.05) is 6.92 Å². The minimum absolute atomic E-state index is 0. The minimum atomic E-state index is 0. The van der Waals surface area contributed by atoms with Gasteiger partial charge in [0.2, 0.25) is 5.91 Å². The zero-order valence-corrected chi connectivity index (χ0v) is 12.6. The van der Waals surface area contributed by atoms with Gasteiger partial charge in [0, 0.05) is 24.5 Å². The topological polar surface area (TPSA) is 46.3 Å². The summed E-state index contributed by atoms with van der Waals surface area (Å²) < 4.78 is 0. The summed E-state index contributed by atoms with van der Waals surface area (Å²) in [6, 6.07) is 0.379. The van der Waals surface area contributed by atoms with Crippen molar-refractivity contribution in [1.82, 2.24) is 4.90 Å². The first kappa shape index (κ1) is 15.8. The maximum atomic E-state index is 12.5. The van der Waals surface area contributed by atoms with Crippen molar-refractivity contribution in [1.29, 1.82) is 0 Å². The number of piperidine rings is 1.